The van der Waals surface area contributed by atoms with Crippen molar-refractivity contribution in [3.63, 3.8) is 0 Å². The first kappa shape index (κ1) is 14.2. The zero-order chi connectivity index (χ0) is 10.6. The summed E-state index contributed by atoms with van der Waals surface area (Å²) in [6.07, 6.45) is 1.38. The molecule has 2 atom stereocenters. The topological polar surface area (TPSA) is 67.4 Å². The lowest BCUT2D eigenvalue weighted by Crippen LogP contribution is -2.56. The van der Waals surface area contributed by atoms with Gasteiger partial charge in [-0.2, -0.15) is 0 Å². The van der Waals surface area contributed by atoms with E-state index in [1.54, 1.807) is 0 Å². The molecule has 0 spiro atoms. The molecule has 2 N–H and O–H groups in total. The van der Waals surface area contributed by atoms with Crippen LogP contribution in [0.4, 0.5) is 0 Å². The first-order valence-corrected chi connectivity index (χ1v) is 4.80. The van der Waals surface area contributed by atoms with Gasteiger partial charge < -0.3 is 15.4 Å². The molecular weight excluding hydrogens is 220 g/mol. The van der Waals surface area contributed by atoms with E-state index in [0.29, 0.717) is 6.42 Å². The second-order valence-corrected chi connectivity index (χ2v) is 3.29. The summed E-state index contributed by atoms with van der Waals surface area (Å²) in [7, 11) is 1.32. The molecule has 1 saturated heterocycles. The number of nitrogens with one attached hydrogen (secondary N) is 2. The van der Waals surface area contributed by atoms with Gasteiger partial charge in [0.1, 0.15) is 6.04 Å². The Morgan fingerprint density at radius 3 is 2.53 bits per heavy atom. The molecule has 0 aromatic heterocycles. The molecule has 1 aliphatic rings. The molecule has 1 aliphatic heterocycles. The van der Waals surface area contributed by atoms with Crippen molar-refractivity contribution in [2.24, 2.45) is 0 Å². The largest absolute Gasteiger partial charge is 0.467 e. The van der Waals surface area contributed by atoms with Crippen molar-refractivity contribution in [3.05, 3.63) is 0 Å². The number of carbonyl (C=O) groups is 2. The van der Waals surface area contributed by atoms with Gasteiger partial charge >= 0.3 is 5.97 Å². The van der Waals surface area contributed by atoms with Gasteiger partial charge in [-0.15, -0.1) is 12.4 Å². The van der Waals surface area contributed by atoms with E-state index in [0.717, 1.165) is 13.0 Å². The van der Waals surface area contributed by atoms with Crippen LogP contribution in [0.1, 0.15) is 19.8 Å². The molecule has 0 aromatic rings. The van der Waals surface area contributed by atoms with Crippen LogP contribution in [0.5, 0.6) is 0 Å². The number of methoxy groups -OCH3 is 1. The minimum Gasteiger partial charge on any atom is -0.467 e. The molecule has 1 amide bonds. The smallest absolute Gasteiger partial charge is 0.328 e. The zero-order valence-corrected chi connectivity index (χ0v) is 9.73. The molecule has 1 unspecified atom stereocenters. The highest BCUT2D eigenvalue weighted by Crippen LogP contribution is 2.03. The summed E-state index contributed by atoms with van der Waals surface area (Å²) < 4.78 is 4.56. The predicted octanol–water partition coefficient (Wildman–Crippen LogP) is -0.162. The summed E-state index contributed by atoms with van der Waals surface area (Å²) in [5.41, 5.74) is 0. The first-order valence-electron chi connectivity index (χ1n) is 4.80. The van der Waals surface area contributed by atoms with Crippen molar-refractivity contribution in [3.8, 4) is 0 Å². The molecule has 0 aromatic carbocycles. The molecular formula is C9H17ClN2O3. The molecule has 6 heteroatoms. The van der Waals surface area contributed by atoms with Crippen LogP contribution in [0, 0.1) is 0 Å². The standard InChI is InChI=1S/C9H16N2O3.ClH/c1-3-6(9(13)14-2)11-8(12)7-4-5-10-7;/h6-7,10H,3-5H2,1-2H3,(H,11,12);1H/t6?,7-;/m1./s1. The molecule has 15 heavy (non-hydrogen) atoms. The Kier molecular flexibility index (Phi) is 6.27. The molecule has 0 radical (unpaired) electrons. The van der Waals surface area contributed by atoms with E-state index in [1.807, 2.05) is 6.92 Å². The third-order valence-electron chi connectivity index (χ3n) is 2.35. The number of hydrogen-bond donors (Lipinski definition) is 2. The average molecular weight is 237 g/mol. The lowest BCUT2D eigenvalue weighted by Gasteiger charge is -2.27. The summed E-state index contributed by atoms with van der Waals surface area (Å²) in [6.45, 7) is 2.70. The van der Waals surface area contributed by atoms with Gasteiger partial charge in [-0.25, -0.2) is 4.79 Å². The normalized spacial score (nSPS) is 20.5. The predicted molar refractivity (Wildman–Crippen MR) is 57.9 cm³/mol. The van der Waals surface area contributed by atoms with Gasteiger partial charge in [-0.05, 0) is 19.4 Å². The highest BCUT2D eigenvalue weighted by atomic mass is 35.5. The second-order valence-electron chi connectivity index (χ2n) is 3.29. The van der Waals surface area contributed by atoms with Gasteiger partial charge in [0.15, 0.2) is 0 Å². The Morgan fingerprint density at radius 2 is 2.20 bits per heavy atom. The second kappa shape index (κ2) is 6.63. The highest BCUT2D eigenvalue weighted by Gasteiger charge is 2.28. The number of esters is 1. The van der Waals surface area contributed by atoms with E-state index in [4.69, 9.17) is 0 Å². The van der Waals surface area contributed by atoms with Crippen molar-refractivity contribution in [2.45, 2.75) is 31.8 Å². The van der Waals surface area contributed by atoms with Gasteiger partial charge in [0.2, 0.25) is 5.91 Å². The van der Waals surface area contributed by atoms with Crippen LogP contribution in [0.3, 0.4) is 0 Å². The fourth-order valence-corrected chi connectivity index (χ4v) is 1.25. The molecule has 0 aliphatic carbocycles. The zero-order valence-electron chi connectivity index (χ0n) is 8.91. The number of hydrogen-bond acceptors (Lipinski definition) is 4. The summed E-state index contributed by atoms with van der Waals surface area (Å²) in [5, 5.41) is 5.61. The van der Waals surface area contributed by atoms with E-state index in [9.17, 15) is 9.59 Å². The van der Waals surface area contributed by atoms with Crippen LogP contribution in [0.15, 0.2) is 0 Å². The molecule has 1 fully saturated rings. The maximum Gasteiger partial charge on any atom is 0.328 e. The minimum absolute atomic E-state index is 0. The van der Waals surface area contributed by atoms with Crippen LogP contribution < -0.4 is 10.6 Å². The summed E-state index contributed by atoms with van der Waals surface area (Å²) in [5.74, 6) is -0.506. The van der Waals surface area contributed by atoms with E-state index in [2.05, 4.69) is 15.4 Å². The van der Waals surface area contributed by atoms with Crippen LogP contribution in [-0.2, 0) is 14.3 Å². The van der Waals surface area contributed by atoms with Crippen LogP contribution in [-0.4, -0.2) is 37.6 Å². The van der Waals surface area contributed by atoms with E-state index in [1.165, 1.54) is 7.11 Å². The van der Waals surface area contributed by atoms with Crippen LogP contribution >= 0.6 is 12.4 Å². The Hall–Kier alpha value is -0.810. The molecule has 88 valence electrons. The van der Waals surface area contributed by atoms with Crippen molar-refractivity contribution < 1.29 is 14.3 Å². The fourth-order valence-electron chi connectivity index (χ4n) is 1.25. The van der Waals surface area contributed by atoms with Gasteiger partial charge in [-0.1, -0.05) is 6.92 Å². The quantitative estimate of drug-likeness (QED) is 0.666. The monoisotopic (exact) mass is 236 g/mol. The number of amides is 1. The SMILES string of the molecule is CCC(NC(=O)[C@H]1CCN1)C(=O)OC.Cl. The van der Waals surface area contributed by atoms with Crippen LogP contribution in [0.2, 0.25) is 0 Å². The van der Waals surface area contributed by atoms with Crippen molar-refractivity contribution in [1.82, 2.24) is 10.6 Å². The van der Waals surface area contributed by atoms with Crippen molar-refractivity contribution >= 4 is 24.3 Å². The number of carbonyl (C=O) groups excluding carboxylic acids is 2. The molecule has 0 bridgehead atoms. The highest BCUT2D eigenvalue weighted by molar-refractivity contribution is 5.88. The number of ether oxygens (including phenoxy) is 1. The Morgan fingerprint density at radius 1 is 1.60 bits per heavy atom. The first-order chi connectivity index (χ1) is 6.69. The average Bonchev–Trinajstić information content (AvgIpc) is 2.10. The summed E-state index contributed by atoms with van der Waals surface area (Å²) >= 11 is 0. The van der Waals surface area contributed by atoms with Gasteiger partial charge in [0.25, 0.3) is 0 Å². The van der Waals surface area contributed by atoms with E-state index in [-0.39, 0.29) is 30.3 Å². The molecule has 1 rings (SSSR count). The fraction of sp³-hybridized carbons (Fsp3) is 0.778. The maximum absolute atomic E-state index is 11.4. The number of rotatable bonds is 4. The summed E-state index contributed by atoms with van der Waals surface area (Å²) in [4.78, 5) is 22.6. The lowest BCUT2D eigenvalue weighted by molar-refractivity contribution is -0.145. The Balaban J connectivity index is 0.00000196. The number of halogens is 1. The Labute approximate surface area is 95.3 Å². The third-order valence-corrected chi connectivity index (χ3v) is 2.35. The van der Waals surface area contributed by atoms with Crippen molar-refractivity contribution in [1.29, 1.82) is 0 Å². The Bertz CT molecular complexity index is 231. The van der Waals surface area contributed by atoms with Gasteiger partial charge in [-0.3, -0.25) is 4.79 Å². The van der Waals surface area contributed by atoms with Gasteiger partial charge in [0.05, 0.1) is 13.2 Å². The maximum atomic E-state index is 11.4. The van der Waals surface area contributed by atoms with E-state index < -0.39 is 6.04 Å². The van der Waals surface area contributed by atoms with Crippen LogP contribution in [0.25, 0.3) is 0 Å². The molecule has 5 nitrogen and oxygen atoms in total. The van der Waals surface area contributed by atoms with E-state index >= 15 is 0 Å². The van der Waals surface area contributed by atoms with Gasteiger partial charge in [0, 0.05) is 0 Å². The lowest BCUT2D eigenvalue weighted by atomic mass is 10.1. The summed E-state index contributed by atoms with van der Waals surface area (Å²) in [6, 6.07) is -0.649. The van der Waals surface area contributed by atoms with Crippen molar-refractivity contribution in [2.75, 3.05) is 13.7 Å². The molecule has 0 saturated carbocycles. The third kappa shape index (κ3) is 3.68. The molecule has 1 heterocycles. The minimum atomic E-state index is -0.519.